The molecule has 0 aromatic heterocycles. The number of ether oxygens (including phenoxy) is 1. The fraction of sp³-hybridized carbons (Fsp3) is 0.417. The normalized spacial score (nSPS) is 29.0. The minimum atomic E-state index is -0.480. The summed E-state index contributed by atoms with van der Waals surface area (Å²) in [6.45, 7) is 0. The van der Waals surface area contributed by atoms with Gasteiger partial charge in [0.1, 0.15) is 5.75 Å². The Labute approximate surface area is 88.9 Å². The first-order valence-corrected chi connectivity index (χ1v) is 4.94. The molecule has 3 nitrogen and oxygen atoms in total. The van der Waals surface area contributed by atoms with Crippen molar-refractivity contribution in [3.8, 4) is 11.8 Å². The van der Waals surface area contributed by atoms with Gasteiger partial charge < -0.3 is 9.84 Å². The van der Waals surface area contributed by atoms with Crippen molar-refractivity contribution in [3.63, 3.8) is 0 Å². The standard InChI is InChI=1S/C12H13NO2/c1-15-11-4-2-9(3-5-11)12(8-13)6-10(14)7-12/h2-5,10,14H,6-7H2,1H3. The summed E-state index contributed by atoms with van der Waals surface area (Å²) in [6, 6.07) is 9.78. The number of methoxy groups -OCH3 is 1. The molecule has 1 aliphatic carbocycles. The van der Waals surface area contributed by atoms with E-state index in [1.807, 2.05) is 24.3 Å². The van der Waals surface area contributed by atoms with Crippen LogP contribution in [0.15, 0.2) is 24.3 Å². The van der Waals surface area contributed by atoms with E-state index in [9.17, 15) is 5.11 Å². The van der Waals surface area contributed by atoms with Crippen LogP contribution in [-0.4, -0.2) is 18.3 Å². The van der Waals surface area contributed by atoms with E-state index in [0.717, 1.165) is 11.3 Å². The highest BCUT2D eigenvalue weighted by Gasteiger charge is 2.45. The summed E-state index contributed by atoms with van der Waals surface area (Å²) in [6.07, 6.45) is 0.748. The van der Waals surface area contributed by atoms with Crippen molar-refractivity contribution >= 4 is 0 Å². The molecule has 0 saturated heterocycles. The molecule has 2 rings (SSSR count). The first-order chi connectivity index (χ1) is 7.20. The Hall–Kier alpha value is -1.53. The van der Waals surface area contributed by atoms with Crippen LogP contribution in [0.1, 0.15) is 18.4 Å². The summed E-state index contributed by atoms with van der Waals surface area (Å²) in [5.41, 5.74) is 0.488. The second kappa shape index (κ2) is 3.56. The van der Waals surface area contributed by atoms with Crippen LogP contribution in [0.25, 0.3) is 0 Å². The average Bonchev–Trinajstić information content (AvgIpc) is 2.25. The lowest BCUT2D eigenvalue weighted by Crippen LogP contribution is -2.43. The summed E-state index contributed by atoms with van der Waals surface area (Å²) in [5.74, 6) is 0.784. The zero-order valence-electron chi connectivity index (χ0n) is 8.60. The number of rotatable bonds is 2. The lowest BCUT2D eigenvalue weighted by Gasteiger charge is -2.40. The van der Waals surface area contributed by atoms with Gasteiger partial charge in [-0.1, -0.05) is 12.1 Å². The first kappa shape index (κ1) is 10.0. The van der Waals surface area contributed by atoms with Gasteiger partial charge in [0.2, 0.25) is 0 Å². The van der Waals surface area contributed by atoms with Crippen molar-refractivity contribution in [2.24, 2.45) is 0 Å². The van der Waals surface area contributed by atoms with Gasteiger partial charge in [-0.25, -0.2) is 0 Å². The molecule has 78 valence electrons. The lowest BCUT2D eigenvalue weighted by atomic mass is 9.64. The topological polar surface area (TPSA) is 53.2 Å². The quantitative estimate of drug-likeness (QED) is 0.794. The summed E-state index contributed by atoms with van der Waals surface area (Å²) < 4.78 is 5.06. The van der Waals surface area contributed by atoms with Gasteiger partial charge in [-0.15, -0.1) is 0 Å². The maximum atomic E-state index is 9.30. The number of nitriles is 1. The Balaban J connectivity index is 2.26. The Bertz CT molecular complexity index is 385. The van der Waals surface area contributed by atoms with E-state index in [-0.39, 0.29) is 6.10 Å². The van der Waals surface area contributed by atoms with Crippen LogP contribution >= 0.6 is 0 Å². The Morgan fingerprint density at radius 2 is 2.00 bits per heavy atom. The number of hydrogen-bond acceptors (Lipinski definition) is 3. The monoisotopic (exact) mass is 203 g/mol. The number of nitrogens with zero attached hydrogens (tertiary/aromatic N) is 1. The van der Waals surface area contributed by atoms with Crippen molar-refractivity contribution < 1.29 is 9.84 Å². The van der Waals surface area contributed by atoms with Crippen LogP contribution in [0.2, 0.25) is 0 Å². The minimum absolute atomic E-state index is 0.327. The highest BCUT2D eigenvalue weighted by molar-refractivity contribution is 5.39. The molecule has 1 N–H and O–H groups in total. The molecule has 0 radical (unpaired) electrons. The summed E-state index contributed by atoms with van der Waals surface area (Å²) in [7, 11) is 1.61. The van der Waals surface area contributed by atoms with Crippen molar-refractivity contribution in [1.29, 1.82) is 5.26 Å². The first-order valence-electron chi connectivity index (χ1n) is 4.94. The predicted molar refractivity (Wildman–Crippen MR) is 55.5 cm³/mol. The molecule has 1 aliphatic rings. The van der Waals surface area contributed by atoms with Crippen molar-refractivity contribution in [1.82, 2.24) is 0 Å². The second-order valence-corrected chi connectivity index (χ2v) is 3.98. The van der Waals surface area contributed by atoms with Gasteiger partial charge in [-0.3, -0.25) is 0 Å². The van der Waals surface area contributed by atoms with Crippen LogP contribution in [0.4, 0.5) is 0 Å². The van der Waals surface area contributed by atoms with Crippen LogP contribution in [-0.2, 0) is 5.41 Å². The number of aliphatic hydroxyl groups excluding tert-OH is 1. The third kappa shape index (κ3) is 1.57. The number of aliphatic hydroxyl groups is 1. The third-order valence-electron chi connectivity index (χ3n) is 3.02. The molecule has 1 fully saturated rings. The summed E-state index contributed by atoms with van der Waals surface area (Å²) in [5, 5.41) is 18.4. The average molecular weight is 203 g/mol. The molecule has 1 saturated carbocycles. The zero-order chi connectivity index (χ0) is 10.9. The van der Waals surface area contributed by atoms with Crippen molar-refractivity contribution in [2.75, 3.05) is 7.11 Å². The highest BCUT2D eigenvalue weighted by atomic mass is 16.5. The number of benzene rings is 1. The largest absolute Gasteiger partial charge is 0.497 e. The second-order valence-electron chi connectivity index (χ2n) is 3.98. The molecule has 0 amide bonds. The van der Waals surface area contributed by atoms with E-state index < -0.39 is 5.41 Å². The summed E-state index contributed by atoms with van der Waals surface area (Å²) >= 11 is 0. The summed E-state index contributed by atoms with van der Waals surface area (Å²) in [4.78, 5) is 0. The van der Waals surface area contributed by atoms with Crippen LogP contribution < -0.4 is 4.74 Å². The Morgan fingerprint density at radius 1 is 1.40 bits per heavy atom. The van der Waals surface area contributed by atoms with Gasteiger partial charge in [0.05, 0.1) is 24.7 Å². The van der Waals surface area contributed by atoms with Crippen LogP contribution in [0, 0.1) is 11.3 Å². The molecule has 0 unspecified atom stereocenters. The van der Waals surface area contributed by atoms with Gasteiger partial charge in [0, 0.05) is 0 Å². The van der Waals surface area contributed by atoms with Crippen molar-refractivity contribution in [2.45, 2.75) is 24.4 Å². The molecule has 1 aromatic carbocycles. The minimum Gasteiger partial charge on any atom is -0.497 e. The van der Waals surface area contributed by atoms with Crippen LogP contribution in [0.5, 0.6) is 5.75 Å². The van der Waals surface area contributed by atoms with Crippen LogP contribution in [0.3, 0.4) is 0 Å². The molecule has 0 spiro atoms. The molecule has 0 bridgehead atoms. The zero-order valence-corrected chi connectivity index (χ0v) is 8.60. The molecule has 0 atom stereocenters. The number of hydrogen-bond donors (Lipinski definition) is 1. The fourth-order valence-electron chi connectivity index (χ4n) is 2.05. The van der Waals surface area contributed by atoms with E-state index in [1.54, 1.807) is 7.11 Å². The van der Waals surface area contributed by atoms with E-state index in [2.05, 4.69) is 6.07 Å². The third-order valence-corrected chi connectivity index (χ3v) is 3.02. The predicted octanol–water partition coefficient (Wildman–Crippen LogP) is 1.61. The van der Waals surface area contributed by atoms with E-state index in [0.29, 0.717) is 12.8 Å². The molecule has 0 heterocycles. The highest BCUT2D eigenvalue weighted by Crippen LogP contribution is 2.43. The fourth-order valence-corrected chi connectivity index (χ4v) is 2.05. The maximum absolute atomic E-state index is 9.30. The molecule has 15 heavy (non-hydrogen) atoms. The molecular weight excluding hydrogens is 190 g/mol. The molecular formula is C12H13NO2. The van der Waals surface area contributed by atoms with E-state index >= 15 is 0 Å². The molecule has 0 aliphatic heterocycles. The molecule has 3 heteroatoms. The maximum Gasteiger partial charge on any atom is 0.118 e. The van der Waals surface area contributed by atoms with E-state index in [1.165, 1.54) is 0 Å². The smallest absolute Gasteiger partial charge is 0.118 e. The van der Waals surface area contributed by atoms with Gasteiger partial charge in [0.15, 0.2) is 0 Å². The SMILES string of the molecule is COc1ccc(C2(C#N)CC(O)C2)cc1. The van der Waals surface area contributed by atoms with Gasteiger partial charge in [-0.05, 0) is 30.5 Å². The molecule has 1 aromatic rings. The van der Waals surface area contributed by atoms with Crippen molar-refractivity contribution in [3.05, 3.63) is 29.8 Å². The van der Waals surface area contributed by atoms with Gasteiger partial charge >= 0.3 is 0 Å². The lowest BCUT2D eigenvalue weighted by molar-refractivity contribution is 0.0447. The van der Waals surface area contributed by atoms with E-state index in [4.69, 9.17) is 10.00 Å². The van der Waals surface area contributed by atoms with Gasteiger partial charge in [-0.2, -0.15) is 5.26 Å². The Morgan fingerprint density at radius 3 is 2.40 bits per heavy atom. The Kier molecular flexibility index (Phi) is 2.37. The van der Waals surface area contributed by atoms with Gasteiger partial charge in [0.25, 0.3) is 0 Å².